The summed E-state index contributed by atoms with van der Waals surface area (Å²) in [4.78, 5) is 24.7. The molecule has 2 rings (SSSR count). The Bertz CT molecular complexity index is 483. The molecule has 1 amide bonds. The Morgan fingerprint density at radius 1 is 1.50 bits per heavy atom. The monoisotopic (exact) mass is 283 g/mol. The van der Waals surface area contributed by atoms with Crippen molar-refractivity contribution in [3.05, 3.63) is 23.7 Å². The summed E-state index contributed by atoms with van der Waals surface area (Å²) in [6.07, 6.45) is -0.141. The van der Waals surface area contributed by atoms with Crippen molar-refractivity contribution in [2.75, 3.05) is 26.9 Å². The summed E-state index contributed by atoms with van der Waals surface area (Å²) in [5.41, 5.74) is 0. The van der Waals surface area contributed by atoms with E-state index in [2.05, 4.69) is 0 Å². The van der Waals surface area contributed by atoms with Crippen LogP contribution in [0.1, 0.15) is 22.7 Å². The van der Waals surface area contributed by atoms with Gasteiger partial charge in [-0.2, -0.15) is 0 Å². The van der Waals surface area contributed by atoms with Crippen LogP contribution in [0.2, 0.25) is 0 Å². The number of methoxy groups -OCH3 is 1. The molecule has 1 N–H and O–H groups in total. The van der Waals surface area contributed by atoms with Gasteiger partial charge in [-0.25, -0.2) is 0 Å². The number of hydrogen-bond acceptors (Lipinski definition) is 5. The first-order valence-corrected chi connectivity index (χ1v) is 6.30. The molecule has 110 valence electrons. The third-order valence-corrected chi connectivity index (χ3v) is 3.06. The molecular weight excluding hydrogens is 266 g/mol. The topological polar surface area (TPSA) is 89.2 Å². The first-order valence-electron chi connectivity index (χ1n) is 6.30. The fourth-order valence-electron chi connectivity index (χ4n) is 2.15. The van der Waals surface area contributed by atoms with Gasteiger partial charge in [0.1, 0.15) is 12.4 Å². The summed E-state index contributed by atoms with van der Waals surface area (Å²) in [6.45, 7) is 1.27. The number of carbonyl (C=O) groups is 2. The predicted octanol–water partition coefficient (Wildman–Crippen LogP) is 0.742. The van der Waals surface area contributed by atoms with E-state index < -0.39 is 12.0 Å². The number of carboxylic acid groups (broad SMARTS) is 1. The van der Waals surface area contributed by atoms with Gasteiger partial charge in [-0.15, -0.1) is 0 Å². The molecule has 7 nitrogen and oxygen atoms in total. The van der Waals surface area contributed by atoms with Crippen molar-refractivity contribution in [2.24, 2.45) is 0 Å². The number of carbonyl (C=O) groups excluding carboxylic acids is 1. The average Bonchev–Trinajstić information content (AvgIpc) is 2.87. The highest BCUT2D eigenvalue weighted by Crippen LogP contribution is 2.17. The molecule has 1 aromatic heterocycles. The van der Waals surface area contributed by atoms with Gasteiger partial charge in [0.25, 0.3) is 5.91 Å². The van der Waals surface area contributed by atoms with Gasteiger partial charge in [-0.3, -0.25) is 9.59 Å². The predicted molar refractivity (Wildman–Crippen MR) is 67.3 cm³/mol. The fraction of sp³-hybridized carbons (Fsp3) is 0.538. The second-order valence-electron chi connectivity index (χ2n) is 4.52. The van der Waals surface area contributed by atoms with Gasteiger partial charge >= 0.3 is 5.97 Å². The number of amides is 1. The normalized spacial score (nSPS) is 19.1. The van der Waals surface area contributed by atoms with Crippen LogP contribution in [0, 0.1) is 0 Å². The number of rotatable bonds is 5. The van der Waals surface area contributed by atoms with Crippen LogP contribution in [0.5, 0.6) is 0 Å². The minimum atomic E-state index is -0.960. The molecule has 2 heterocycles. The van der Waals surface area contributed by atoms with E-state index in [1.165, 1.54) is 12.0 Å². The molecular formula is C13H17NO6. The van der Waals surface area contributed by atoms with E-state index in [-0.39, 0.29) is 31.3 Å². The van der Waals surface area contributed by atoms with Gasteiger partial charge in [0.2, 0.25) is 0 Å². The molecule has 0 bridgehead atoms. The van der Waals surface area contributed by atoms with E-state index in [1.54, 1.807) is 12.1 Å². The number of carboxylic acids is 1. The Hall–Kier alpha value is -1.86. The zero-order valence-corrected chi connectivity index (χ0v) is 11.2. The number of ether oxygens (including phenoxy) is 2. The lowest BCUT2D eigenvalue weighted by atomic mass is 10.1. The number of aliphatic carboxylic acids is 1. The number of furan rings is 1. The second-order valence-corrected chi connectivity index (χ2v) is 4.52. The van der Waals surface area contributed by atoms with E-state index in [0.29, 0.717) is 18.9 Å². The first-order chi connectivity index (χ1) is 9.61. The maximum absolute atomic E-state index is 12.4. The molecule has 1 aromatic rings. The van der Waals surface area contributed by atoms with Crippen molar-refractivity contribution in [2.45, 2.75) is 19.1 Å². The third kappa shape index (κ3) is 3.37. The third-order valence-electron chi connectivity index (χ3n) is 3.06. The lowest BCUT2D eigenvalue weighted by Crippen LogP contribution is -2.49. The Labute approximate surface area is 116 Å². The van der Waals surface area contributed by atoms with Crippen molar-refractivity contribution in [3.63, 3.8) is 0 Å². The highest BCUT2D eigenvalue weighted by atomic mass is 16.5. The molecule has 0 saturated carbocycles. The Balaban J connectivity index is 2.09. The maximum atomic E-state index is 12.4. The summed E-state index contributed by atoms with van der Waals surface area (Å²) in [7, 11) is 1.54. The zero-order chi connectivity index (χ0) is 14.5. The minimum Gasteiger partial charge on any atom is -0.481 e. The Morgan fingerprint density at radius 3 is 3.00 bits per heavy atom. The van der Waals surface area contributed by atoms with E-state index in [9.17, 15) is 9.59 Å². The van der Waals surface area contributed by atoms with Crippen LogP contribution >= 0.6 is 0 Å². The molecule has 7 heteroatoms. The van der Waals surface area contributed by atoms with E-state index in [4.69, 9.17) is 19.0 Å². The van der Waals surface area contributed by atoms with Crippen molar-refractivity contribution in [3.8, 4) is 0 Å². The van der Waals surface area contributed by atoms with Crippen molar-refractivity contribution in [1.29, 1.82) is 0 Å². The molecule has 1 aliphatic rings. The van der Waals surface area contributed by atoms with Gasteiger partial charge in [0.15, 0.2) is 5.76 Å². The molecule has 20 heavy (non-hydrogen) atoms. The first kappa shape index (κ1) is 14.5. The van der Waals surface area contributed by atoms with Crippen molar-refractivity contribution in [1.82, 2.24) is 4.90 Å². The molecule has 0 unspecified atom stereocenters. The van der Waals surface area contributed by atoms with Crippen LogP contribution < -0.4 is 0 Å². The molecule has 0 spiro atoms. The van der Waals surface area contributed by atoms with Gasteiger partial charge in [0.05, 0.1) is 25.7 Å². The summed E-state index contributed by atoms with van der Waals surface area (Å²) < 4.78 is 15.5. The van der Waals surface area contributed by atoms with E-state index >= 15 is 0 Å². The quantitative estimate of drug-likeness (QED) is 0.857. The van der Waals surface area contributed by atoms with Crippen LogP contribution in [0.25, 0.3) is 0 Å². The van der Waals surface area contributed by atoms with Gasteiger partial charge in [-0.1, -0.05) is 0 Å². The molecule has 1 atom stereocenters. The molecule has 1 saturated heterocycles. The van der Waals surface area contributed by atoms with Gasteiger partial charge in [0, 0.05) is 13.7 Å². The fourth-order valence-corrected chi connectivity index (χ4v) is 2.15. The van der Waals surface area contributed by atoms with Crippen LogP contribution in [-0.4, -0.2) is 54.8 Å². The largest absolute Gasteiger partial charge is 0.481 e. The molecule has 1 fully saturated rings. The van der Waals surface area contributed by atoms with Gasteiger partial charge in [-0.05, 0) is 12.1 Å². The van der Waals surface area contributed by atoms with E-state index in [1.807, 2.05) is 0 Å². The zero-order valence-electron chi connectivity index (χ0n) is 11.2. The van der Waals surface area contributed by atoms with Crippen LogP contribution in [0.15, 0.2) is 16.5 Å². The number of morpholine rings is 1. The standard InChI is InChI=1S/C13H17NO6/c1-18-8-10-2-3-11(20-10)13(17)14-4-5-19-7-9(14)6-12(15)16/h2-3,9H,4-8H2,1H3,(H,15,16)/t9-/m1/s1. The Morgan fingerprint density at radius 2 is 2.30 bits per heavy atom. The van der Waals surface area contributed by atoms with Crippen molar-refractivity contribution >= 4 is 11.9 Å². The number of hydrogen-bond donors (Lipinski definition) is 1. The molecule has 0 aromatic carbocycles. The van der Waals surface area contributed by atoms with Crippen LogP contribution in [0.3, 0.4) is 0 Å². The SMILES string of the molecule is COCc1ccc(C(=O)N2CCOC[C@H]2CC(=O)O)o1. The summed E-state index contributed by atoms with van der Waals surface area (Å²) in [5, 5.41) is 8.88. The van der Waals surface area contributed by atoms with Crippen LogP contribution in [-0.2, 0) is 20.9 Å². The highest BCUT2D eigenvalue weighted by molar-refractivity contribution is 5.92. The lowest BCUT2D eigenvalue weighted by Gasteiger charge is -2.34. The van der Waals surface area contributed by atoms with Gasteiger partial charge < -0.3 is 23.9 Å². The Kier molecular flexibility index (Phi) is 4.75. The highest BCUT2D eigenvalue weighted by Gasteiger charge is 2.31. The smallest absolute Gasteiger partial charge is 0.305 e. The second kappa shape index (κ2) is 6.53. The van der Waals surface area contributed by atoms with Crippen LogP contribution in [0.4, 0.5) is 0 Å². The summed E-state index contributed by atoms with van der Waals surface area (Å²) in [5.74, 6) is -0.534. The summed E-state index contributed by atoms with van der Waals surface area (Å²) in [6, 6.07) is 2.78. The minimum absolute atomic E-state index is 0.141. The summed E-state index contributed by atoms with van der Waals surface area (Å²) >= 11 is 0. The maximum Gasteiger partial charge on any atom is 0.305 e. The van der Waals surface area contributed by atoms with E-state index in [0.717, 1.165) is 0 Å². The average molecular weight is 283 g/mol. The number of nitrogens with zero attached hydrogens (tertiary/aromatic N) is 1. The molecule has 0 aliphatic carbocycles. The van der Waals surface area contributed by atoms with Crippen molar-refractivity contribution < 1.29 is 28.6 Å². The lowest BCUT2D eigenvalue weighted by molar-refractivity contribution is -0.139. The molecule has 0 radical (unpaired) electrons. The molecule has 1 aliphatic heterocycles.